The van der Waals surface area contributed by atoms with Crippen LogP contribution in [-0.4, -0.2) is 11.7 Å². The molecule has 1 N–H and O–H groups in total. The fraction of sp³-hybridized carbons (Fsp3) is 0.571. The van der Waals surface area contributed by atoms with Crippen molar-refractivity contribution in [3.05, 3.63) is 17.0 Å². The molecular formula is C7H7F3N2O. The Bertz CT molecular complexity index is 318. The highest BCUT2D eigenvalue weighted by Gasteiger charge is 2.40. The van der Waals surface area contributed by atoms with Gasteiger partial charge in [0.15, 0.2) is 0 Å². The summed E-state index contributed by atoms with van der Waals surface area (Å²) < 4.78 is 41.0. The molecule has 0 bridgehead atoms. The van der Waals surface area contributed by atoms with Gasteiger partial charge in [-0.25, -0.2) is 0 Å². The summed E-state index contributed by atoms with van der Waals surface area (Å²) in [6.45, 7) is 0.838. The van der Waals surface area contributed by atoms with Crippen LogP contribution in [0.2, 0.25) is 0 Å². The Morgan fingerprint density at radius 2 is 2.15 bits per heavy atom. The Morgan fingerprint density at radius 3 is 2.85 bits per heavy atom. The smallest absolute Gasteiger partial charge is 0.351 e. The molecule has 0 radical (unpaired) electrons. The third kappa shape index (κ3) is 1.41. The van der Waals surface area contributed by atoms with Gasteiger partial charge in [0.25, 0.3) is 0 Å². The van der Waals surface area contributed by atoms with E-state index >= 15 is 0 Å². The van der Waals surface area contributed by atoms with Gasteiger partial charge in [-0.05, 0) is 0 Å². The van der Waals surface area contributed by atoms with Crippen molar-refractivity contribution in [1.82, 2.24) is 10.5 Å². The molecule has 1 aromatic heterocycles. The minimum Gasteiger partial charge on any atom is -0.351 e. The summed E-state index contributed by atoms with van der Waals surface area (Å²) in [4.78, 5) is 0. The molecule has 0 aromatic carbocycles. The lowest BCUT2D eigenvalue weighted by Gasteiger charge is -2.11. The maximum Gasteiger partial charge on any atom is 0.452 e. The average molecular weight is 192 g/mol. The standard InChI is InChI=1S/C7H7F3N2O/c8-7(9,10)6-4-3-11-2-1-5(4)12-13-6/h11H,1-3H2. The second-order valence-corrected chi connectivity index (χ2v) is 2.86. The van der Waals surface area contributed by atoms with Crippen molar-refractivity contribution in [3.8, 4) is 0 Å². The SMILES string of the molecule is FC(F)(F)c1onc2c1CNCC2. The number of hydrogen-bond donors (Lipinski definition) is 1. The van der Waals surface area contributed by atoms with Gasteiger partial charge in [-0.1, -0.05) is 5.16 Å². The first-order chi connectivity index (χ1) is 6.09. The molecule has 0 spiro atoms. The van der Waals surface area contributed by atoms with Crippen molar-refractivity contribution in [3.63, 3.8) is 0 Å². The van der Waals surface area contributed by atoms with E-state index in [0.717, 1.165) is 0 Å². The van der Waals surface area contributed by atoms with Crippen LogP contribution in [0.25, 0.3) is 0 Å². The van der Waals surface area contributed by atoms with Crippen LogP contribution in [0.1, 0.15) is 17.0 Å². The number of fused-ring (bicyclic) bond motifs is 1. The molecule has 6 heteroatoms. The zero-order valence-electron chi connectivity index (χ0n) is 6.61. The number of halogens is 3. The number of nitrogens with zero attached hydrogens (tertiary/aromatic N) is 1. The van der Waals surface area contributed by atoms with Crippen LogP contribution in [0, 0.1) is 0 Å². The van der Waals surface area contributed by atoms with Crippen LogP contribution < -0.4 is 5.32 Å². The summed E-state index contributed by atoms with van der Waals surface area (Å²) in [6, 6.07) is 0. The van der Waals surface area contributed by atoms with Crippen molar-refractivity contribution in [2.75, 3.05) is 6.54 Å². The van der Waals surface area contributed by atoms with Gasteiger partial charge in [-0.2, -0.15) is 13.2 Å². The Kier molecular flexibility index (Phi) is 1.80. The molecular weight excluding hydrogens is 185 g/mol. The molecule has 0 saturated carbocycles. The van der Waals surface area contributed by atoms with E-state index in [1.165, 1.54) is 0 Å². The largest absolute Gasteiger partial charge is 0.452 e. The van der Waals surface area contributed by atoms with Gasteiger partial charge < -0.3 is 9.84 Å². The van der Waals surface area contributed by atoms with Gasteiger partial charge in [0, 0.05) is 25.1 Å². The maximum absolute atomic E-state index is 12.2. The molecule has 1 aromatic rings. The normalized spacial score (nSPS) is 17.2. The van der Waals surface area contributed by atoms with E-state index < -0.39 is 11.9 Å². The molecule has 3 nitrogen and oxygen atoms in total. The number of alkyl halides is 3. The Balaban J connectivity index is 2.43. The minimum atomic E-state index is -4.43. The first-order valence-corrected chi connectivity index (χ1v) is 3.84. The van der Waals surface area contributed by atoms with E-state index in [1.807, 2.05) is 0 Å². The summed E-state index contributed by atoms with van der Waals surface area (Å²) in [5.74, 6) is -0.963. The second-order valence-electron chi connectivity index (χ2n) is 2.86. The van der Waals surface area contributed by atoms with Gasteiger partial charge in [0.1, 0.15) is 0 Å². The highest BCUT2D eigenvalue weighted by atomic mass is 19.4. The predicted molar refractivity (Wildman–Crippen MR) is 36.9 cm³/mol. The van der Waals surface area contributed by atoms with Crippen molar-refractivity contribution in [2.24, 2.45) is 0 Å². The van der Waals surface area contributed by atoms with Crippen molar-refractivity contribution in [2.45, 2.75) is 19.1 Å². The molecule has 0 amide bonds. The Morgan fingerprint density at radius 1 is 1.38 bits per heavy atom. The van der Waals surface area contributed by atoms with Crippen molar-refractivity contribution >= 4 is 0 Å². The summed E-state index contributed by atoms with van der Waals surface area (Å²) in [5, 5.41) is 6.23. The third-order valence-electron chi connectivity index (χ3n) is 1.97. The van der Waals surface area contributed by atoms with Gasteiger partial charge in [-0.3, -0.25) is 0 Å². The molecule has 2 rings (SSSR count). The third-order valence-corrected chi connectivity index (χ3v) is 1.97. The quantitative estimate of drug-likeness (QED) is 0.674. The summed E-state index contributed by atoms with van der Waals surface area (Å²) in [6.07, 6.45) is -3.94. The topological polar surface area (TPSA) is 38.1 Å². The zero-order chi connectivity index (χ0) is 9.47. The number of aromatic nitrogens is 1. The van der Waals surface area contributed by atoms with E-state index in [-0.39, 0.29) is 12.1 Å². The first-order valence-electron chi connectivity index (χ1n) is 3.84. The lowest BCUT2D eigenvalue weighted by Crippen LogP contribution is -2.24. The fourth-order valence-electron chi connectivity index (χ4n) is 1.36. The molecule has 1 aliphatic rings. The highest BCUT2D eigenvalue weighted by Crippen LogP contribution is 2.34. The van der Waals surface area contributed by atoms with E-state index in [0.29, 0.717) is 18.7 Å². The van der Waals surface area contributed by atoms with E-state index in [9.17, 15) is 13.2 Å². The van der Waals surface area contributed by atoms with Gasteiger partial charge in [0.05, 0.1) is 5.69 Å². The van der Waals surface area contributed by atoms with Gasteiger partial charge >= 0.3 is 6.18 Å². The highest BCUT2D eigenvalue weighted by molar-refractivity contribution is 5.26. The fourth-order valence-corrected chi connectivity index (χ4v) is 1.36. The number of nitrogens with one attached hydrogen (secondary N) is 1. The minimum absolute atomic E-state index is 0.152. The molecule has 0 fully saturated rings. The molecule has 1 aliphatic heterocycles. The van der Waals surface area contributed by atoms with Crippen LogP contribution in [-0.2, 0) is 19.1 Å². The summed E-state index contributed by atoms with van der Waals surface area (Å²) in [5.41, 5.74) is 0.574. The molecule has 0 unspecified atom stereocenters. The van der Waals surface area contributed by atoms with E-state index in [2.05, 4.69) is 15.0 Å². The summed E-state index contributed by atoms with van der Waals surface area (Å²) in [7, 11) is 0. The predicted octanol–water partition coefficient (Wildman–Crippen LogP) is 1.34. The molecule has 2 heterocycles. The van der Waals surface area contributed by atoms with Crippen LogP contribution in [0.5, 0.6) is 0 Å². The van der Waals surface area contributed by atoms with Crippen molar-refractivity contribution in [1.29, 1.82) is 0 Å². The second kappa shape index (κ2) is 2.73. The van der Waals surface area contributed by atoms with E-state index in [1.54, 1.807) is 0 Å². The lowest BCUT2D eigenvalue weighted by atomic mass is 10.1. The Labute approximate surface area is 71.9 Å². The summed E-state index contributed by atoms with van der Waals surface area (Å²) >= 11 is 0. The van der Waals surface area contributed by atoms with Crippen LogP contribution in [0.15, 0.2) is 4.52 Å². The molecule has 0 saturated heterocycles. The van der Waals surface area contributed by atoms with Crippen LogP contribution >= 0.6 is 0 Å². The van der Waals surface area contributed by atoms with Crippen molar-refractivity contribution < 1.29 is 17.7 Å². The average Bonchev–Trinajstić information content (AvgIpc) is 2.45. The monoisotopic (exact) mass is 192 g/mol. The van der Waals surface area contributed by atoms with E-state index in [4.69, 9.17) is 0 Å². The molecule has 0 atom stereocenters. The van der Waals surface area contributed by atoms with Crippen LogP contribution in [0.4, 0.5) is 13.2 Å². The zero-order valence-corrected chi connectivity index (χ0v) is 6.61. The van der Waals surface area contributed by atoms with Gasteiger partial charge in [-0.15, -0.1) is 0 Å². The van der Waals surface area contributed by atoms with Gasteiger partial charge in [0.2, 0.25) is 5.76 Å². The van der Waals surface area contributed by atoms with Crippen LogP contribution in [0.3, 0.4) is 0 Å². The molecule has 72 valence electrons. The molecule has 0 aliphatic carbocycles. The number of rotatable bonds is 0. The Hall–Kier alpha value is -1.04. The first kappa shape index (κ1) is 8.55. The maximum atomic E-state index is 12.2. The lowest BCUT2D eigenvalue weighted by molar-refractivity contribution is -0.156. The molecule has 13 heavy (non-hydrogen) atoms. The number of hydrogen-bond acceptors (Lipinski definition) is 3.